The maximum Gasteiger partial charge on any atom is 0.243 e. The summed E-state index contributed by atoms with van der Waals surface area (Å²) in [5, 5.41) is 0. The van der Waals surface area contributed by atoms with Crippen LogP contribution in [0.2, 0.25) is 0 Å². The van der Waals surface area contributed by atoms with Gasteiger partial charge in [0.05, 0.1) is 5.69 Å². The van der Waals surface area contributed by atoms with Crippen LogP contribution in [0.5, 0.6) is 0 Å². The maximum atomic E-state index is 12.4. The molecule has 0 aliphatic rings. The van der Waals surface area contributed by atoms with Crippen LogP contribution in [0, 0.1) is 0 Å². The minimum absolute atomic E-state index is 0.0784. The Bertz CT molecular complexity index is 702. The molecule has 20 heavy (non-hydrogen) atoms. The van der Waals surface area contributed by atoms with Gasteiger partial charge in [0.25, 0.3) is 0 Å². The van der Waals surface area contributed by atoms with Crippen molar-refractivity contribution < 1.29 is 8.42 Å². The zero-order valence-corrected chi connectivity index (χ0v) is 13.3. The van der Waals surface area contributed by atoms with Crippen LogP contribution in [0.15, 0.2) is 57.9 Å². The highest BCUT2D eigenvalue weighted by molar-refractivity contribution is 9.10. The zero-order valence-electron chi connectivity index (χ0n) is 10.9. The molecule has 4 nitrogen and oxygen atoms in total. The summed E-state index contributed by atoms with van der Waals surface area (Å²) in [7, 11) is -3.67. The number of rotatable bonds is 4. The molecule has 0 heterocycles. The van der Waals surface area contributed by atoms with E-state index in [0.717, 1.165) is 5.56 Å². The van der Waals surface area contributed by atoms with Crippen LogP contribution in [0.1, 0.15) is 18.5 Å². The van der Waals surface area contributed by atoms with Gasteiger partial charge in [-0.1, -0.05) is 46.3 Å². The molecule has 2 aromatic carbocycles. The Morgan fingerprint density at radius 1 is 1.15 bits per heavy atom. The van der Waals surface area contributed by atoms with Crippen LogP contribution in [0.4, 0.5) is 5.69 Å². The van der Waals surface area contributed by atoms with Gasteiger partial charge in [-0.2, -0.15) is 0 Å². The normalized spacial score (nSPS) is 13.1. The quantitative estimate of drug-likeness (QED) is 0.828. The first-order valence-corrected chi connectivity index (χ1v) is 8.30. The molecular weight excluding hydrogens is 340 g/mol. The van der Waals surface area contributed by atoms with Crippen molar-refractivity contribution >= 4 is 31.6 Å². The van der Waals surface area contributed by atoms with Crippen molar-refractivity contribution in [1.29, 1.82) is 0 Å². The highest BCUT2D eigenvalue weighted by atomic mass is 79.9. The first-order valence-electron chi connectivity index (χ1n) is 6.02. The van der Waals surface area contributed by atoms with Crippen molar-refractivity contribution in [3.05, 3.63) is 58.6 Å². The molecule has 2 aromatic rings. The molecule has 0 saturated carbocycles. The summed E-state index contributed by atoms with van der Waals surface area (Å²) < 4.78 is 28.0. The number of halogens is 1. The van der Waals surface area contributed by atoms with Crippen molar-refractivity contribution in [3.8, 4) is 0 Å². The average Bonchev–Trinajstić information content (AvgIpc) is 2.42. The summed E-state index contributed by atoms with van der Waals surface area (Å²) in [5.41, 5.74) is 6.87. The fourth-order valence-corrected chi connectivity index (χ4v) is 3.75. The molecule has 106 valence electrons. The van der Waals surface area contributed by atoms with Crippen LogP contribution in [0.25, 0.3) is 0 Å². The van der Waals surface area contributed by atoms with Gasteiger partial charge in [-0.15, -0.1) is 0 Å². The second-order valence-corrected chi connectivity index (χ2v) is 7.03. The minimum atomic E-state index is -3.67. The Kier molecular flexibility index (Phi) is 4.47. The zero-order chi connectivity index (χ0) is 14.8. The summed E-state index contributed by atoms with van der Waals surface area (Å²) in [6.07, 6.45) is 0. The molecule has 6 heteroatoms. The molecule has 0 saturated heterocycles. The van der Waals surface area contributed by atoms with E-state index in [1.165, 1.54) is 6.07 Å². The largest absolute Gasteiger partial charge is 0.398 e. The molecule has 0 radical (unpaired) electrons. The van der Waals surface area contributed by atoms with Gasteiger partial charge in [0.2, 0.25) is 10.0 Å². The number of anilines is 1. The van der Waals surface area contributed by atoms with E-state index in [9.17, 15) is 8.42 Å². The van der Waals surface area contributed by atoms with E-state index in [1.807, 2.05) is 30.3 Å². The van der Waals surface area contributed by atoms with Crippen LogP contribution in [-0.2, 0) is 10.0 Å². The predicted molar refractivity (Wildman–Crippen MR) is 83.7 cm³/mol. The molecule has 0 aliphatic heterocycles. The van der Waals surface area contributed by atoms with Crippen molar-refractivity contribution in [1.82, 2.24) is 4.72 Å². The van der Waals surface area contributed by atoms with E-state index >= 15 is 0 Å². The lowest BCUT2D eigenvalue weighted by Crippen LogP contribution is -2.27. The third kappa shape index (κ3) is 3.39. The molecule has 1 atom stereocenters. The van der Waals surface area contributed by atoms with E-state index in [-0.39, 0.29) is 16.6 Å². The Hall–Kier alpha value is -1.37. The molecule has 0 fully saturated rings. The lowest BCUT2D eigenvalue weighted by atomic mass is 10.1. The molecule has 0 amide bonds. The number of nitrogens with two attached hydrogens (primary N) is 1. The lowest BCUT2D eigenvalue weighted by molar-refractivity contribution is 0.567. The van der Waals surface area contributed by atoms with Gasteiger partial charge < -0.3 is 5.73 Å². The average molecular weight is 355 g/mol. The minimum Gasteiger partial charge on any atom is -0.398 e. The Morgan fingerprint density at radius 3 is 2.45 bits per heavy atom. The van der Waals surface area contributed by atoms with Gasteiger partial charge in [0, 0.05) is 10.5 Å². The first-order chi connectivity index (χ1) is 9.40. The van der Waals surface area contributed by atoms with E-state index in [0.29, 0.717) is 4.47 Å². The maximum absolute atomic E-state index is 12.4. The summed E-state index contributed by atoms with van der Waals surface area (Å²) in [6, 6.07) is 13.8. The van der Waals surface area contributed by atoms with Crippen LogP contribution < -0.4 is 10.5 Å². The van der Waals surface area contributed by atoms with Gasteiger partial charge in [-0.05, 0) is 30.7 Å². The number of benzene rings is 2. The molecule has 0 aromatic heterocycles. The molecule has 2 rings (SSSR count). The van der Waals surface area contributed by atoms with E-state index in [4.69, 9.17) is 5.73 Å². The van der Waals surface area contributed by atoms with Crippen molar-refractivity contribution in [2.45, 2.75) is 17.9 Å². The van der Waals surface area contributed by atoms with Crippen molar-refractivity contribution in [2.75, 3.05) is 5.73 Å². The summed E-state index contributed by atoms with van der Waals surface area (Å²) in [4.78, 5) is 0.0784. The summed E-state index contributed by atoms with van der Waals surface area (Å²) in [5.74, 6) is 0. The monoisotopic (exact) mass is 354 g/mol. The van der Waals surface area contributed by atoms with Gasteiger partial charge >= 0.3 is 0 Å². The van der Waals surface area contributed by atoms with Gasteiger partial charge in [0.1, 0.15) is 4.90 Å². The van der Waals surface area contributed by atoms with Crippen LogP contribution in [0.3, 0.4) is 0 Å². The second-order valence-electron chi connectivity index (χ2n) is 4.44. The van der Waals surface area contributed by atoms with E-state index in [2.05, 4.69) is 20.7 Å². The number of sulfonamides is 1. The molecule has 0 unspecified atom stereocenters. The third-order valence-corrected chi connectivity index (χ3v) is 4.99. The fourth-order valence-electron chi connectivity index (χ4n) is 1.85. The van der Waals surface area contributed by atoms with Crippen LogP contribution >= 0.6 is 15.9 Å². The van der Waals surface area contributed by atoms with Gasteiger partial charge in [-0.3, -0.25) is 0 Å². The molecule has 3 N–H and O–H groups in total. The summed E-state index contributed by atoms with van der Waals surface area (Å²) in [6.45, 7) is 1.79. The van der Waals surface area contributed by atoms with Crippen LogP contribution in [-0.4, -0.2) is 8.42 Å². The Balaban J connectivity index is 2.30. The third-order valence-electron chi connectivity index (χ3n) is 2.90. The Labute approximate surface area is 127 Å². The number of hydrogen-bond donors (Lipinski definition) is 2. The Morgan fingerprint density at radius 2 is 1.80 bits per heavy atom. The smallest absolute Gasteiger partial charge is 0.243 e. The molecule has 0 bridgehead atoms. The van der Waals surface area contributed by atoms with Gasteiger partial charge in [0.15, 0.2) is 0 Å². The number of nitrogens with one attached hydrogen (secondary N) is 1. The standard InChI is InChI=1S/C14H15BrN2O2S/c1-10(11-5-3-2-4-6-11)17-20(18,19)14-9-12(15)7-8-13(14)16/h2-10,17H,16H2,1H3/t10-/m0/s1. The van der Waals surface area contributed by atoms with Gasteiger partial charge in [-0.25, -0.2) is 13.1 Å². The SMILES string of the molecule is C[C@H](NS(=O)(=O)c1cc(Br)ccc1N)c1ccccc1. The lowest BCUT2D eigenvalue weighted by Gasteiger charge is -2.15. The van der Waals surface area contributed by atoms with E-state index in [1.54, 1.807) is 19.1 Å². The molecular formula is C14H15BrN2O2S. The predicted octanol–water partition coefficient (Wildman–Crippen LogP) is 3.07. The number of hydrogen-bond acceptors (Lipinski definition) is 3. The highest BCUT2D eigenvalue weighted by Crippen LogP contribution is 2.24. The van der Waals surface area contributed by atoms with Crippen molar-refractivity contribution in [2.24, 2.45) is 0 Å². The number of nitrogen functional groups attached to an aromatic ring is 1. The van der Waals surface area contributed by atoms with Crippen molar-refractivity contribution in [3.63, 3.8) is 0 Å². The summed E-state index contributed by atoms with van der Waals surface area (Å²) >= 11 is 3.25. The fraction of sp³-hybridized carbons (Fsp3) is 0.143. The first kappa shape index (κ1) is 15.0. The second kappa shape index (κ2) is 5.95. The van der Waals surface area contributed by atoms with E-state index < -0.39 is 10.0 Å². The topological polar surface area (TPSA) is 72.2 Å². The molecule has 0 spiro atoms. The highest BCUT2D eigenvalue weighted by Gasteiger charge is 2.21. The molecule has 0 aliphatic carbocycles.